The summed E-state index contributed by atoms with van der Waals surface area (Å²) in [6.07, 6.45) is 1.32. The van der Waals surface area contributed by atoms with Crippen LogP contribution in [0.4, 0.5) is 0 Å². The molecule has 0 saturated heterocycles. The molecule has 0 unspecified atom stereocenters. The van der Waals surface area contributed by atoms with E-state index in [9.17, 15) is 9.90 Å². The third-order valence-corrected chi connectivity index (χ3v) is 5.56. The molecule has 2 rings (SSSR count). The predicted molar refractivity (Wildman–Crippen MR) is 107 cm³/mol. The van der Waals surface area contributed by atoms with E-state index in [-0.39, 0.29) is 18.1 Å². The first-order chi connectivity index (χ1) is 12.3. The molecule has 0 aliphatic heterocycles. The maximum atomic E-state index is 11.9. The summed E-state index contributed by atoms with van der Waals surface area (Å²) in [6.45, 7) is 3.66. The second kappa shape index (κ2) is 9.05. The van der Waals surface area contributed by atoms with E-state index in [1.807, 2.05) is 32.0 Å². The highest BCUT2D eigenvalue weighted by atomic mass is 79.9. The summed E-state index contributed by atoms with van der Waals surface area (Å²) in [7, 11) is 1.45. The molecule has 0 atom stereocenters. The Morgan fingerprint density at radius 1 is 1.31 bits per heavy atom. The maximum absolute atomic E-state index is 11.9. The highest BCUT2D eigenvalue weighted by Gasteiger charge is 2.14. The first-order valence-corrected chi connectivity index (χ1v) is 9.19. The minimum atomic E-state index is -0.415. The van der Waals surface area contributed by atoms with Gasteiger partial charge in [0.05, 0.1) is 18.9 Å². The smallest absolute Gasteiger partial charge is 0.277 e. The number of phenols is 1. The lowest BCUT2D eigenvalue weighted by Gasteiger charge is -2.11. The van der Waals surface area contributed by atoms with Crippen LogP contribution < -0.4 is 14.9 Å². The highest BCUT2D eigenvalue weighted by molar-refractivity contribution is 9.13. The number of aryl methyl sites for hydroxylation is 2. The van der Waals surface area contributed by atoms with Crippen LogP contribution in [0, 0.1) is 13.8 Å². The van der Waals surface area contributed by atoms with Gasteiger partial charge in [-0.3, -0.25) is 4.79 Å². The molecule has 1 amide bonds. The number of carbonyl (C=O) groups excluding carboxylic acids is 1. The van der Waals surface area contributed by atoms with Gasteiger partial charge < -0.3 is 14.6 Å². The molecule has 0 saturated carbocycles. The van der Waals surface area contributed by atoms with Crippen molar-refractivity contribution in [2.75, 3.05) is 13.7 Å². The molecule has 0 aromatic heterocycles. The summed E-state index contributed by atoms with van der Waals surface area (Å²) < 4.78 is 11.9. The second-order valence-corrected chi connectivity index (χ2v) is 7.09. The van der Waals surface area contributed by atoms with Crippen molar-refractivity contribution in [2.45, 2.75) is 13.8 Å². The highest BCUT2D eigenvalue weighted by Crippen LogP contribution is 2.39. The number of nitrogens with zero attached hydrogens (tertiary/aromatic N) is 1. The van der Waals surface area contributed by atoms with Crippen LogP contribution in [0.15, 0.2) is 38.3 Å². The Kier molecular flexibility index (Phi) is 7.05. The zero-order chi connectivity index (χ0) is 19.3. The van der Waals surface area contributed by atoms with Gasteiger partial charge in [-0.15, -0.1) is 0 Å². The third kappa shape index (κ3) is 4.76. The zero-order valence-corrected chi connectivity index (χ0v) is 17.6. The molecule has 8 heteroatoms. The minimum absolute atomic E-state index is 0.0904. The van der Waals surface area contributed by atoms with Gasteiger partial charge in [0.15, 0.2) is 18.1 Å². The molecule has 0 bridgehead atoms. The third-order valence-electron chi connectivity index (χ3n) is 3.55. The van der Waals surface area contributed by atoms with Crippen LogP contribution in [-0.4, -0.2) is 30.9 Å². The summed E-state index contributed by atoms with van der Waals surface area (Å²) in [4.78, 5) is 11.9. The number of hydrazone groups is 1. The van der Waals surface area contributed by atoms with Crippen LogP contribution in [-0.2, 0) is 4.79 Å². The molecule has 2 N–H and O–H groups in total. The number of ether oxygens (including phenoxy) is 2. The molecule has 0 aliphatic rings. The standard InChI is InChI=1S/C18H18Br2N2O4/c1-10-5-4-6-11(2)18(10)26-9-15(23)22-21-8-12-16(20)13(19)7-14(25-3)17(12)24/h4-8,24H,9H2,1-3H3,(H,22,23)/b21-8-. The Hall–Kier alpha value is -2.06. The largest absolute Gasteiger partial charge is 0.504 e. The van der Waals surface area contributed by atoms with Crippen molar-refractivity contribution in [3.8, 4) is 17.2 Å². The van der Waals surface area contributed by atoms with Crippen molar-refractivity contribution < 1.29 is 19.4 Å². The molecule has 2 aromatic rings. The molecule has 0 heterocycles. The molecular formula is C18H18Br2N2O4. The van der Waals surface area contributed by atoms with Crippen LogP contribution in [0.25, 0.3) is 0 Å². The molecule has 138 valence electrons. The van der Waals surface area contributed by atoms with E-state index in [0.29, 0.717) is 20.3 Å². The van der Waals surface area contributed by atoms with Crippen molar-refractivity contribution in [1.82, 2.24) is 5.43 Å². The van der Waals surface area contributed by atoms with E-state index < -0.39 is 5.91 Å². The molecule has 0 radical (unpaired) electrons. The molecular weight excluding hydrogens is 468 g/mol. The van der Waals surface area contributed by atoms with Crippen molar-refractivity contribution in [3.05, 3.63) is 49.9 Å². The van der Waals surface area contributed by atoms with Gasteiger partial charge in [-0.2, -0.15) is 5.10 Å². The lowest BCUT2D eigenvalue weighted by atomic mass is 10.1. The van der Waals surface area contributed by atoms with E-state index in [1.165, 1.54) is 13.3 Å². The monoisotopic (exact) mass is 484 g/mol. The van der Waals surface area contributed by atoms with Gasteiger partial charge in [-0.25, -0.2) is 5.43 Å². The van der Waals surface area contributed by atoms with Crippen LogP contribution in [0.2, 0.25) is 0 Å². The Bertz CT molecular complexity index is 833. The zero-order valence-electron chi connectivity index (χ0n) is 14.5. The number of hydrogen-bond donors (Lipinski definition) is 2. The van der Waals surface area contributed by atoms with Gasteiger partial charge in [0.1, 0.15) is 5.75 Å². The Balaban J connectivity index is 2.03. The van der Waals surface area contributed by atoms with Crippen molar-refractivity contribution >= 4 is 44.0 Å². The first-order valence-electron chi connectivity index (χ1n) is 7.61. The minimum Gasteiger partial charge on any atom is -0.504 e. The van der Waals surface area contributed by atoms with Crippen LogP contribution in [0.3, 0.4) is 0 Å². The normalized spacial score (nSPS) is 10.8. The summed E-state index contributed by atoms with van der Waals surface area (Å²) in [6, 6.07) is 7.38. The first kappa shape index (κ1) is 20.3. The van der Waals surface area contributed by atoms with Gasteiger partial charge >= 0.3 is 0 Å². The average molecular weight is 486 g/mol. The van der Waals surface area contributed by atoms with E-state index in [1.54, 1.807) is 6.07 Å². The summed E-state index contributed by atoms with van der Waals surface area (Å²) in [5, 5.41) is 14.0. The molecule has 0 spiro atoms. The molecule has 0 aliphatic carbocycles. The van der Waals surface area contributed by atoms with Gasteiger partial charge in [-0.1, -0.05) is 18.2 Å². The number of nitrogens with one attached hydrogen (secondary N) is 1. The number of halogens is 2. The lowest BCUT2D eigenvalue weighted by molar-refractivity contribution is -0.123. The van der Waals surface area contributed by atoms with Crippen molar-refractivity contribution in [2.24, 2.45) is 5.10 Å². The van der Waals surface area contributed by atoms with E-state index in [4.69, 9.17) is 9.47 Å². The summed E-state index contributed by atoms with van der Waals surface area (Å²) in [5.41, 5.74) is 4.65. The lowest BCUT2D eigenvalue weighted by Crippen LogP contribution is -2.25. The van der Waals surface area contributed by atoms with Crippen molar-refractivity contribution in [1.29, 1.82) is 0 Å². The number of hydrogen-bond acceptors (Lipinski definition) is 5. The number of rotatable bonds is 6. The van der Waals surface area contributed by atoms with E-state index in [2.05, 4.69) is 42.4 Å². The number of phenolic OH excluding ortho intramolecular Hbond substituents is 1. The summed E-state index contributed by atoms with van der Waals surface area (Å²) in [5.74, 6) is 0.462. The second-order valence-electron chi connectivity index (χ2n) is 5.44. The number of methoxy groups -OCH3 is 1. The number of aromatic hydroxyl groups is 1. The number of benzene rings is 2. The topological polar surface area (TPSA) is 80.2 Å². The number of para-hydroxylation sites is 1. The molecule has 26 heavy (non-hydrogen) atoms. The van der Waals surface area contributed by atoms with Gasteiger partial charge in [0.2, 0.25) is 0 Å². The Labute approximate surface area is 168 Å². The SMILES string of the molecule is COc1cc(Br)c(Br)c(/C=N\NC(=O)COc2c(C)cccc2C)c1O. The fourth-order valence-electron chi connectivity index (χ4n) is 2.25. The van der Waals surface area contributed by atoms with Crippen LogP contribution in [0.1, 0.15) is 16.7 Å². The molecule has 2 aromatic carbocycles. The van der Waals surface area contributed by atoms with Gasteiger partial charge in [-0.05, 0) is 62.9 Å². The Morgan fingerprint density at radius 3 is 2.58 bits per heavy atom. The number of carbonyl (C=O) groups is 1. The Morgan fingerprint density at radius 2 is 1.96 bits per heavy atom. The van der Waals surface area contributed by atoms with Crippen molar-refractivity contribution in [3.63, 3.8) is 0 Å². The average Bonchev–Trinajstić information content (AvgIpc) is 2.60. The predicted octanol–water partition coefficient (Wildman–Crippen LogP) is 4.07. The fraction of sp³-hybridized carbons (Fsp3) is 0.222. The van der Waals surface area contributed by atoms with Crippen LogP contribution >= 0.6 is 31.9 Å². The fourth-order valence-corrected chi connectivity index (χ4v) is 3.08. The van der Waals surface area contributed by atoms with Crippen LogP contribution in [0.5, 0.6) is 17.2 Å². The van der Waals surface area contributed by atoms with Gasteiger partial charge in [0.25, 0.3) is 5.91 Å². The molecule has 6 nitrogen and oxygen atoms in total. The summed E-state index contributed by atoms with van der Waals surface area (Å²) >= 11 is 6.70. The maximum Gasteiger partial charge on any atom is 0.277 e. The quantitative estimate of drug-likeness (QED) is 0.477. The van der Waals surface area contributed by atoms with E-state index in [0.717, 1.165) is 11.1 Å². The number of amides is 1. The van der Waals surface area contributed by atoms with Gasteiger partial charge in [0, 0.05) is 8.95 Å². The van der Waals surface area contributed by atoms with E-state index >= 15 is 0 Å². The molecule has 0 fully saturated rings.